The van der Waals surface area contributed by atoms with Crippen LogP contribution in [-0.2, 0) is 4.79 Å². The highest BCUT2D eigenvalue weighted by Gasteiger charge is 2.41. The van der Waals surface area contributed by atoms with Crippen LogP contribution in [0.1, 0.15) is 18.0 Å². The maximum Gasteiger partial charge on any atom is 0.491 e. The molecular weight excluding hydrogens is 413 g/mol. The zero-order valence-electron chi connectivity index (χ0n) is 15.7. The first-order chi connectivity index (χ1) is 14.9. The monoisotopic (exact) mass is 426 g/mol. The lowest BCUT2D eigenvalue weighted by molar-refractivity contribution is -0.189. The average molecular weight is 426 g/mol. The summed E-state index contributed by atoms with van der Waals surface area (Å²) in [7, 11) is 0. The molecule has 3 heterocycles. The van der Waals surface area contributed by atoms with Gasteiger partial charge in [-0.25, -0.2) is 14.8 Å². The first-order valence-electron chi connectivity index (χ1n) is 8.95. The Hall–Kier alpha value is -4.20. The van der Waals surface area contributed by atoms with E-state index >= 15 is 0 Å². The minimum atomic E-state index is -5.11. The van der Waals surface area contributed by atoms with Gasteiger partial charge in [0, 0.05) is 23.3 Å². The topological polar surface area (TPSA) is 109 Å². The lowest BCUT2D eigenvalue weighted by Gasteiger charge is -2.16. The summed E-state index contributed by atoms with van der Waals surface area (Å²) in [5.41, 5.74) is 2.43. The first-order valence-corrected chi connectivity index (χ1v) is 8.95. The van der Waals surface area contributed by atoms with Crippen LogP contribution >= 0.6 is 0 Å². The number of aromatic nitrogens is 5. The molecular formula is C20H13F3N6O2. The molecule has 0 saturated heterocycles. The molecule has 0 aliphatic rings. The Morgan fingerprint density at radius 1 is 1.29 bits per heavy atom. The number of carbonyl (C=O) groups excluding carboxylic acids is 1. The molecule has 0 saturated carbocycles. The van der Waals surface area contributed by atoms with Crippen molar-refractivity contribution in [1.29, 1.82) is 5.26 Å². The van der Waals surface area contributed by atoms with Crippen molar-refractivity contribution in [3.8, 4) is 23.1 Å². The molecule has 0 fully saturated rings. The Morgan fingerprint density at radius 2 is 2.13 bits per heavy atom. The van der Waals surface area contributed by atoms with E-state index in [-0.39, 0.29) is 12.2 Å². The summed E-state index contributed by atoms with van der Waals surface area (Å²) in [5, 5.41) is 14.4. The van der Waals surface area contributed by atoms with Gasteiger partial charge < -0.3 is 9.72 Å². The van der Waals surface area contributed by atoms with Crippen molar-refractivity contribution >= 4 is 17.0 Å². The number of alkyl halides is 3. The molecule has 4 aromatic rings. The lowest BCUT2D eigenvalue weighted by Crippen LogP contribution is -2.28. The standard InChI is InChI=1S/C20H13F3N6O2/c21-20(22,23)19(30)31-14-3-1-2-12(8-14)16(4-6-24)29-10-13(9-28-29)17-15-5-7-25-18(15)27-11-26-17/h1-3,5,7-11,16H,4H2,(H,25,26,27). The molecule has 156 valence electrons. The molecule has 31 heavy (non-hydrogen) atoms. The molecule has 0 aliphatic heterocycles. The van der Waals surface area contributed by atoms with Gasteiger partial charge in [-0.1, -0.05) is 12.1 Å². The fourth-order valence-corrected chi connectivity index (χ4v) is 3.13. The molecule has 0 bridgehead atoms. The van der Waals surface area contributed by atoms with Gasteiger partial charge in [0.05, 0.1) is 30.4 Å². The van der Waals surface area contributed by atoms with E-state index in [1.807, 2.05) is 12.1 Å². The fourth-order valence-electron chi connectivity index (χ4n) is 3.13. The smallest absolute Gasteiger partial charge is 0.420 e. The van der Waals surface area contributed by atoms with E-state index in [1.54, 1.807) is 24.7 Å². The lowest BCUT2D eigenvalue weighted by atomic mass is 10.0. The van der Waals surface area contributed by atoms with Gasteiger partial charge in [0.15, 0.2) is 0 Å². The van der Waals surface area contributed by atoms with E-state index in [2.05, 4.69) is 24.8 Å². The van der Waals surface area contributed by atoms with E-state index in [0.29, 0.717) is 22.5 Å². The van der Waals surface area contributed by atoms with Crippen molar-refractivity contribution in [2.24, 2.45) is 0 Å². The fraction of sp³-hybridized carbons (Fsp3) is 0.150. The SMILES string of the molecule is N#CCC(c1cccc(OC(=O)C(F)(F)F)c1)n1cc(-c2ncnc3[nH]ccc23)cn1. The molecule has 4 rings (SSSR count). The van der Waals surface area contributed by atoms with E-state index in [4.69, 9.17) is 0 Å². The third-order valence-electron chi connectivity index (χ3n) is 4.52. The Morgan fingerprint density at radius 3 is 2.90 bits per heavy atom. The highest BCUT2D eigenvalue weighted by molar-refractivity contribution is 5.90. The number of halogens is 3. The average Bonchev–Trinajstić information content (AvgIpc) is 3.41. The van der Waals surface area contributed by atoms with Gasteiger partial charge in [-0.05, 0) is 23.8 Å². The number of carbonyl (C=O) groups is 1. The van der Waals surface area contributed by atoms with Gasteiger partial charge in [-0.2, -0.15) is 23.5 Å². The van der Waals surface area contributed by atoms with Crippen LogP contribution in [-0.4, -0.2) is 36.9 Å². The first kappa shape index (κ1) is 20.1. The van der Waals surface area contributed by atoms with E-state index in [0.717, 1.165) is 5.39 Å². The number of hydrogen-bond acceptors (Lipinski definition) is 6. The van der Waals surface area contributed by atoms with E-state index in [9.17, 15) is 23.2 Å². The molecule has 1 atom stereocenters. The normalized spacial score (nSPS) is 12.5. The van der Waals surface area contributed by atoms with Gasteiger partial charge in [-0.3, -0.25) is 4.68 Å². The molecule has 0 aliphatic carbocycles. The number of nitrogens with zero attached hydrogens (tertiary/aromatic N) is 5. The second-order valence-corrected chi connectivity index (χ2v) is 6.51. The number of fused-ring (bicyclic) bond motifs is 1. The highest BCUT2D eigenvalue weighted by Crippen LogP contribution is 2.29. The second kappa shape index (κ2) is 7.91. The Labute approximate surface area is 172 Å². The number of aromatic amines is 1. The van der Waals surface area contributed by atoms with Gasteiger partial charge in [0.2, 0.25) is 0 Å². The summed E-state index contributed by atoms with van der Waals surface area (Å²) < 4.78 is 43.4. The summed E-state index contributed by atoms with van der Waals surface area (Å²) >= 11 is 0. The van der Waals surface area contributed by atoms with Gasteiger partial charge >= 0.3 is 12.1 Å². The number of rotatable bonds is 5. The number of nitriles is 1. The Bertz CT molecular complexity index is 1290. The predicted molar refractivity (Wildman–Crippen MR) is 102 cm³/mol. The number of benzene rings is 1. The summed E-state index contributed by atoms with van der Waals surface area (Å²) in [6, 6.07) is 8.82. The van der Waals surface area contributed by atoms with Crippen LogP contribution in [0.5, 0.6) is 5.75 Å². The zero-order valence-corrected chi connectivity index (χ0v) is 15.7. The molecule has 0 radical (unpaired) electrons. The second-order valence-electron chi connectivity index (χ2n) is 6.51. The predicted octanol–water partition coefficient (Wildman–Crippen LogP) is 3.79. The third kappa shape index (κ3) is 4.09. The number of H-pyrrole nitrogens is 1. The summed E-state index contributed by atoms with van der Waals surface area (Å²) in [5.74, 6) is -2.60. The summed E-state index contributed by atoms with van der Waals surface area (Å²) in [4.78, 5) is 22.6. The molecule has 0 amide bonds. The van der Waals surface area contributed by atoms with Crippen LogP contribution in [0.3, 0.4) is 0 Å². The minimum Gasteiger partial charge on any atom is -0.420 e. The van der Waals surface area contributed by atoms with Crippen molar-refractivity contribution in [1.82, 2.24) is 24.7 Å². The Balaban J connectivity index is 1.66. The zero-order chi connectivity index (χ0) is 22.0. The summed E-state index contributed by atoms with van der Waals surface area (Å²) in [6.07, 6.45) is 1.29. The van der Waals surface area contributed by atoms with Crippen LogP contribution < -0.4 is 4.74 Å². The van der Waals surface area contributed by atoms with Gasteiger partial charge in [-0.15, -0.1) is 0 Å². The van der Waals surface area contributed by atoms with Gasteiger partial charge in [0.1, 0.15) is 17.7 Å². The van der Waals surface area contributed by atoms with E-state index in [1.165, 1.54) is 29.2 Å². The van der Waals surface area contributed by atoms with Crippen LogP contribution in [0.15, 0.2) is 55.2 Å². The molecule has 11 heteroatoms. The molecule has 1 aromatic carbocycles. The van der Waals surface area contributed by atoms with Crippen LogP contribution in [0.4, 0.5) is 13.2 Å². The van der Waals surface area contributed by atoms with Crippen molar-refractivity contribution in [3.63, 3.8) is 0 Å². The van der Waals surface area contributed by atoms with Crippen molar-refractivity contribution in [2.45, 2.75) is 18.6 Å². The van der Waals surface area contributed by atoms with Crippen LogP contribution in [0.2, 0.25) is 0 Å². The molecule has 1 N–H and O–H groups in total. The summed E-state index contributed by atoms with van der Waals surface area (Å²) in [6.45, 7) is 0. The van der Waals surface area contributed by atoms with Crippen LogP contribution in [0, 0.1) is 11.3 Å². The number of hydrogen-bond donors (Lipinski definition) is 1. The van der Waals surface area contributed by atoms with Gasteiger partial charge in [0.25, 0.3) is 0 Å². The molecule has 0 spiro atoms. The Kier molecular flexibility index (Phi) is 5.12. The highest BCUT2D eigenvalue weighted by atomic mass is 19.4. The quantitative estimate of drug-likeness (QED) is 0.384. The van der Waals surface area contributed by atoms with Crippen molar-refractivity contribution in [3.05, 3.63) is 60.8 Å². The molecule has 1 unspecified atom stereocenters. The number of esters is 1. The van der Waals surface area contributed by atoms with E-state index < -0.39 is 18.2 Å². The number of nitrogens with one attached hydrogen (secondary N) is 1. The maximum atomic E-state index is 12.5. The third-order valence-corrected chi connectivity index (χ3v) is 4.52. The molecule has 3 aromatic heterocycles. The maximum absolute atomic E-state index is 12.5. The largest absolute Gasteiger partial charge is 0.491 e. The number of ether oxygens (including phenoxy) is 1. The molecule has 8 nitrogen and oxygen atoms in total. The van der Waals surface area contributed by atoms with Crippen LogP contribution in [0.25, 0.3) is 22.3 Å². The minimum absolute atomic E-state index is 0.0128. The van der Waals surface area contributed by atoms with Crippen molar-refractivity contribution < 1.29 is 22.7 Å². The van der Waals surface area contributed by atoms with Crippen molar-refractivity contribution in [2.75, 3.05) is 0 Å².